The van der Waals surface area contributed by atoms with Crippen LogP contribution in [0, 0.1) is 5.82 Å². The molecule has 3 aromatic carbocycles. The van der Waals surface area contributed by atoms with Gasteiger partial charge in [-0.2, -0.15) is 0 Å². The number of carbonyl (C=O) groups excluding carboxylic acids is 2. The molecule has 0 radical (unpaired) electrons. The highest BCUT2D eigenvalue weighted by molar-refractivity contribution is 7.99. The molecule has 0 fully saturated rings. The number of hydrogen-bond acceptors (Lipinski definition) is 8. The van der Waals surface area contributed by atoms with E-state index in [2.05, 4.69) is 39.8 Å². The number of carbonyl (C=O) groups is 2. The van der Waals surface area contributed by atoms with Gasteiger partial charge in [0.25, 0.3) is 5.91 Å². The lowest BCUT2D eigenvalue weighted by atomic mass is 10.1. The zero-order chi connectivity index (χ0) is 33.7. The third-order valence-electron chi connectivity index (χ3n) is 7.03. The van der Waals surface area contributed by atoms with Crippen LogP contribution in [0.2, 0.25) is 0 Å². The van der Waals surface area contributed by atoms with E-state index in [1.165, 1.54) is 30.2 Å². The molecule has 2 heterocycles. The Balaban J connectivity index is 1.44. The predicted molar refractivity (Wildman–Crippen MR) is 184 cm³/mol. The number of benzene rings is 3. The van der Waals surface area contributed by atoms with Gasteiger partial charge in [-0.1, -0.05) is 37.7 Å². The molecule has 5 aromatic rings. The summed E-state index contributed by atoms with van der Waals surface area (Å²) >= 11 is 1.48. The highest BCUT2D eigenvalue weighted by Gasteiger charge is 2.18. The van der Waals surface area contributed by atoms with Crippen LogP contribution in [0.3, 0.4) is 0 Å². The molecule has 11 heteroatoms. The molecule has 47 heavy (non-hydrogen) atoms. The average molecular weight is 653 g/mol. The van der Waals surface area contributed by atoms with E-state index in [0.717, 1.165) is 20.9 Å². The molecule has 0 bridgehead atoms. The van der Waals surface area contributed by atoms with Crippen LogP contribution in [0.4, 0.5) is 26.4 Å². The summed E-state index contributed by atoms with van der Waals surface area (Å²) in [5.41, 5.74) is 3.20. The number of nitrogens with one attached hydrogen (secondary N) is 3. The molecule has 2 amide bonds. The normalized spacial score (nSPS) is 12.1. The summed E-state index contributed by atoms with van der Waals surface area (Å²) in [5, 5.41) is 9.86. The van der Waals surface area contributed by atoms with Crippen molar-refractivity contribution in [1.29, 1.82) is 0 Å². The van der Waals surface area contributed by atoms with Crippen LogP contribution >= 0.6 is 11.8 Å². The van der Waals surface area contributed by atoms with E-state index in [1.807, 2.05) is 58.0 Å². The first-order valence-electron chi connectivity index (χ1n) is 15.2. The molecule has 9 nitrogen and oxygen atoms in total. The maximum absolute atomic E-state index is 13.8. The summed E-state index contributed by atoms with van der Waals surface area (Å²) in [6, 6.07) is 22.4. The number of nitrogens with zero attached hydrogens (tertiary/aromatic N) is 3. The van der Waals surface area contributed by atoms with Crippen LogP contribution in [0.1, 0.15) is 75.1 Å². The molecule has 0 saturated heterocycles. The summed E-state index contributed by atoms with van der Waals surface area (Å²) in [5.74, 6) is 0.110. The second-order valence-electron chi connectivity index (χ2n) is 12.3. The molecule has 242 valence electrons. The van der Waals surface area contributed by atoms with Crippen molar-refractivity contribution in [2.45, 2.75) is 68.9 Å². The Labute approximate surface area is 277 Å². The SMILES string of the molecule is CC(C)c1ccc2c(Nc3cc(C(=O)NC(C)c4cccc(F)c4)ccc3Sc3ccc(NC(=O)OC(C)(C)C)cc3)ncnc2n1. The van der Waals surface area contributed by atoms with Crippen LogP contribution in [-0.2, 0) is 4.74 Å². The zero-order valence-electron chi connectivity index (χ0n) is 27.1. The van der Waals surface area contributed by atoms with Gasteiger partial charge in [-0.05, 0) is 106 Å². The second-order valence-corrected chi connectivity index (χ2v) is 13.4. The highest BCUT2D eigenvalue weighted by atomic mass is 32.2. The van der Waals surface area contributed by atoms with Gasteiger partial charge in [-0.15, -0.1) is 0 Å². The molecular weight excluding hydrogens is 616 g/mol. The van der Waals surface area contributed by atoms with E-state index in [0.29, 0.717) is 34.0 Å². The standard InChI is InChI=1S/C36H37FN6O3S/c1-21(2)29-16-15-28-32(42-29)38-20-39-33(28)43-30-19-24(34(44)40-22(3)23-8-7-9-25(37)18-23)10-17-31(30)47-27-13-11-26(12-14-27)41-35(45)46-36(4,5)6/h7-22H,1-6H3,(H,40,44)(H,41,45)(H,38,39,42,43). The smallest absolute Gasteiger partial charge is 0.412 e. The minimum atomic E-state index is -0.606. The number of anilines is 3. The van der Waals surface area contributed by atoms with Gasteiger partial charge in [-0.25, -0.2) is 24.1 Å². The Morgan fingerprint density at radius 1 is 0.915 bits per heavy atom. The number of fused-ring (bicyclic) bond motifs is 1. The summed E-state index contributed by atoms with van der Waals surface area (Å²) in [6.45, 7) is 11.4. The first-order chi connectivity index (χ1) is 22.3. The number of pyridine rings is 1. The first-order valence-corrected chi connectivity index (χ1v) is 16.0. The molecule has 0 spiro atoms. The zero-order valence-corrected chi connectivity index (χ0v) is 27.9. The van der Waals surface area contributed by atoms with Gasteiger partial charge < -0.3 is 15.4 Å². The Kier molecular flexibility index (Phi) is 10.0. The molecule has 0 aliphatic heterocycles. The second kappa shape index (κ2) is 14.2. The fraction of sp³-hybridized carbons (Fsp3) is 0.250. The third-order valence-corrected chi connectivity index (χ3v) is 8.11. The van der Waals surface area contributed by atoms with Crippen molar-refractivity contribution in [3.8, 4) is 0 Å². The quantitative estimate of drug-likeness (QED) is 0.144. The Morgan fingerprint density at radius 3 is 2.38 bits per heavy atom. The van der Waals surface area contributed by atoms with Crippen molar-refractivity contribution in [3.63, 3.8) is 0 Å². The lowest BCUT2D eigenvalue weighted by molar-refractivity contribution is 0.0635. The Bertz CT molecular complexity index is 1910. The van der Waals surface area contributed by atoms with Crippen molar-refractivity contribution in [2.24, 2.45) is 0 Å². The molecule has 1 atom stereocenters. The molecule has 5 rings (SSSR count). The number of hydrogen-bond donors (Lipinski definition) is 3. The largest absolute Gasteiger partial charge is 0.444 e. The number of ether oxygens (including phenoxy) is 1. The summed E-state index contributed by atoms with van der Waals surface area (Å²) < 4.78 is 19.2. The molecule has 2 aromatic heterocycles. The van der Waals surface area contributed by atoms with Gasteiger partial charge >= 0.3 is 6.09 Å². The van der Waals surface area contributed by atoms with E-state index in [1.54, 1.807) is 36.4 Å². The van der Waals surface area contributed by atoms with Gasteiger partial charge in [0.15, 0.2) is 5.65 Å². The molecule has 0 aliphatic rings. The van der Waals surface area contributed by atoms with Crippen LogP contribution in [0.5, 0.6) is 0 Å². The summed E-state index contributed by atoms with van der Waals surface area (Å²) in [4.78, 5) is 40.9. The Hall–Kier alpha value is -5.03. The van der Waals surface area contributed by atoms with Crippen molar-refractivity contribution in [3.05, 3.63) is 108 Å². The van der Waals surface area contributed by atoms with E-state index >= 15 is 0 Å². The van der Waals surface area contributed by atoms with E-state index in [-0.39, 0.29) is 17.6 Å². The van der Waals surface area contributed by atoms with E-state index in [9.17, 15) is 14.0 Å². The number of aromatic nitrogens is 3. The molecule has 0 aliphatic carbocycles. The molecular formula is C36H37FN6O3S. The predicted octanol–water partition coefficient (Wildman–Crippen LogP) is 9.02. The fourth-order valence-corrected chi connectivity index (χ4v) is 5.54. The van der Waals surface area contributed by atoms with Gasteiger partial charge in [-0.3, -0.25) is 10.1 Å². The average Bonchev–Trinajstić information content (AvgIpc) is 3.01. The van der Waals surface area contributed by atoms with Crippen LogP contribution in [0.15, 0.2) is 95.0 Å². The number of halogens is 1. The number of amides is 2. The molecule has 0 saturated carbocycles. The Morgan fingerprint density at radius 2 is 1.68 bits per heavy atom. The van der Waals surface area contributed by atoms with Crippen molar-refractivity contribution >= 4 is 52.0 Å². The fourth-order valence-electron chi connectivity index (χ4n) is 4.66. The van der Waals surface area contributed by atoms with Gasteiger partial charge in [0.1, 0.15) is 23.6 Å². The van der Waals surface area contributed by atoms with Gasteiger partial charge in [0.2, 0.25) is 0 Å². The van der Waals surface area contributed by atoms with Crippen molar-refractivity contribution < 1.29 is 18.7 Å². The maximum atomic E-state index is 13.8. The minimum Gasteiger partial charge on any atom is -0.444 e. The molecule has 3 N–H and O–H groups in total. The monoisotopic (exact) mass is 652 g/mol. The lowest BCUT2D eigenvalue weighted by Gasteiger charge is -2.19. The van der Waals surface area contributed by atoms with Crippen LogP contribution in [0.25, 0.3) is 11.0 Å². The molecule has 1 unspecified atom stereocenters. The minimum absolute atomic E-state index is 0.240. The van der Waals surface area contributed by atoms with E-state index in [4.69, 9.17) is 9.72 Å². The highest BCUT2D eigenvalue weighted by Crippen LogP contribution is 2.37. The van der Waals surface area contributed by atoms with Crippen LogP contribution < -0.4 is 16.0 Å². The van der Waals surface area contributed by atoms with Crippen LogP contribution in [-0.4, -0.2) is 32.6 Å². The maximum Gasteiger partial charge on any atom is 0.412 e. The lowest BCUT2D eigenvalue weighted by Crippen LogP contribution is -2.27. The van der Waals surface area contributed by atoms with E-state index < -0.39 is 17.7 Å². The summed E-state index contributed by atoms with van der Waals surface area (Å²) in [6.07, 6.45) is 0.930. The van der Waals surface area contributed by atoms with Crippen molar-refractivity contribution in [2.75, 3.05) is 10.6 Å². The third kappa shape index (κ3) is 8.82. The summed E-state index contributed by atoms with van der Waals surface area (Å²) in [7, 11) is 0. The van der Waals surface area contributed by atoms with Gasteiger partial charge in [0.05, 0.1) is 17.1 Å². The van der Waals surface area contributed by atoms with Gasteiger partial charge in [0, 0.05) is 26.7 Å². The first kappa shape index (κ1) is 33.3. The van der Waals surface area contributed by atoms with Crippen molar-refractivity contribution in [1.82, 2.24) is 20.3 Å². The number of rotatable bonds is 9. The topological polar surface area (TPSA) is 118 Å².